The second-order valence-corrected chi connectivity index (χ2v) is 5.94. The Balaban J connectivity index is 1.75. The summed E-state index contributed by atoms with van der Waals surface area (Å²) in [6.45, 7) is 6.09. The number of hydrogen-bond donors (Lipinski definition) is 1. The van der Waals surface area contributed by atoms with Gasteiger partial charge in [0, 0.05) is 6.04 Å². The summed E-state index contributed by atoms with van der Waals surface area (Å²) in [5.41, 5.74) is 5.65. The van der Waals surface area contributed by atoms with E-state index in [4.69, 9.17) is 5.73 Å². The van der Waals surface area contributed by atoms with Crippen LogP contribution in [-0.4, -0.2) is 55.6 Å². The van der Waals surface area contributed by atoms with Crippen molar-refractivity contribution < 1.29 is 0 Å². The molecule has 3 nitrogen and oxygen atoms in total. The summed E-state index contributed by atoms with van der Waals surface area (Å²) >= 11 is 0. The molecular formula is C14H29N3. The van der Waals surface area contributed by atoms with E-state index in [0.29, 0.717) is 0 Å². The molecule has 2 aliphatic heterocycles. The van der Waals surface area contributed by atoms with Crippen LogP contribution in [0.1, 0.15) is 38.5 Å². The average molecular weight is 239 g/mol. The van der Waals surface area contributed by atoms with Crippen LogP contribution in [0.4, 0.5) is 0 Å². The number of nitrogens with two attached hydrogens (primary N) is 1. The van der Waals surface area contributed by atoms with Crippen molar-refractivity contribution in [1.29, 1.82) is 0 Å². The van der Waals surface area contributed by atoms with Gasteiger partial charge in [-0.3, -0.25) is 0 Å². The standard InChI is InChI=1S/C14H29N3/c1-16-9-2-3-14(7-10-16)17-11-5-13(4-8-15)6-12-17/h13-14H,2-12,15H2,1H3. The second kappa shape index (κ2) is 6.72. The normalized spacial score (nSPS) is 30.4. The summed E-state index contributed by atoms with van der Waals surface area (Å²) < 4.78 is 0. The molecular weight excluding hydrogens is 210 g/mol. The third-order valence-corrected chi connectivity index (χ3v) is 4.66. The fourth-order valence-electron chi connectivity index (χ4n) is 3.43. The van der Waals surface area contributed by atoms with Gasteiger partial charge in [0.2, 0.25) is 0 Å². The van der Waals surface area contributed by atoms with E-state index in [9.17, 15) is 0 Å². The lowest BCUT2D eigenvalue weighted by molar-refractivity contribution is 0.119. The molecule has 0 bridgehead atoms. The van der Waals surface area contributed by atoms with Crippen molar-refractivity contribution in [3.05, 3.63) is 0 Å². The Morgan fingerprint density at radius 3 is 2.47 bits per heavy atom. The van der Waals surface area contributed by atoms with E-state index in [1.54, 1.807) is 0 Å². The number of nitrogens with zero attached hydrogens (tertiary/aromatic N) is 2. The van der Waals surface area contributed by atoms with Gasteiger partial charge in [-0.1, -0.05) is 0 Å². The molecule has 100 valence electrons. The van der Waals surface area contributed by atoms with Crippen molar-refractivity contribution in [3.63, 3.8) is 0 Å². The molecule has 1 atom stereocenters. The molecule has 2 fully saturated rings. The van der Waals surface area contributed by atoms with Crippen LogP contribution in [-0.2, 0) is 0 Å². The smallest absolute Gasteiger partial charge is 0.0108 e. The maximum Gasteiger partial charge on any atom is 0.0108 e. The van der Waals surface area contributed by atoms with Gasteiger partial charge in [-0.05, 0) is 84.2 Å². The molecule has 0 aromatic carbocycles. The highest BCUT2D eigenvalue weighted by Crippen LogP contribution is 2.25. The van der Waals surface area contributed by atoms with Gasteiger partial charge in [0.05, 0.1) is 0 Å². The minimum absolute atomic E-state index is 0.860. The zero-order valence-electron chi connectivity index (χ0n) is 11.4. The predicted octanol–water partition coefficient (Wildman–Crippen LogP) is 1.53. The van der Waals surface area contributed by atoms with E-state index in [-0.39, 0.29) is 0 Å². The molecule has 2 aliphatic rings. The van der Waals surface area contributed by atoms with Crippen molar-refractivity contribution >= 4 is 0 Å². The summed E-state index contributed by atoms with van der Waals surface area (Å²) in [4.78, 5) is 5.24. The first-order chi connectivity index (χ1) is 8.29. The molecule has 0 aromatic rings. The largest absolute Gasteiger partial charge is 0.330 e. The molecule has 3 heteroatoms. The van der Waals surface area contributed by atoms with Crippen LogP contribution in [0.5, 0.6) is 0 Å². The lowest BCUT2D eigenvalue weighted by Gasteiger charge is -2.37. The predicted molar refractivity (Wildman–Crippen MR) is 73.1 cm³/mol. The van der Waals surface area contributed by atoms with Crippen molar-refractivity contribution in [2.24, 2.45) is 11.7 Å². The molecule has 2 rings (SSSR count). The molecule has 2 saturated heterocycles. The third-order valence-electron chi connectivity index (χ3n) is 4.66. The number of likely N-dealkylation sites (tertiary alicyclic amines) is 2. The second-order valence-electron chi connectivity index (χ2n) is 5.94. The van der Waals surface area contributed by atoms with Crippen LogP contribution >= 0.6 is 0 Å². The Kier molecular flexibility index (Phi) is 5.26. The third kappa shape index (κ3) is 3.94. The van der Waals surface area contributed by atoms with E-state index in [1.165, 1.54) is 64.7 Å². The first-order valence-corrected chi connectivity index (χ1v) is 7.42. The monoisotopic (exact) mass is 239 g/mol. The minimum atomic E-state index is 0.860. The minimum Gasteiger partial charge on any atom is -0.330 e. The van der Waals surface area contributed by atoms with Gasteiger partial charge in [0.15, 0.2) is 0 Å². The van der Waals surface area contributed by atoms with Gasteiger partial charge in [-0.15, -0.1) is 0 Å². The van der Waals surface area contributed by atoms with Crippen molar-refractivity contribution in [2.45, 2.75) is 44.6 Å². The zero-order chi connectivity index (χ0) is 12.1. The Morgan fingerprint density at radius 2 is 1.76 bits per heavy atom. The van der Waals surface area contributed by atoms with Gasteiger partial charge >= 0.3 is 0 Å². The first-order valence-electron chi connectivity index (χ1n) is 7.42. The van der Waals surface area contributed by atoms with E-state index in [2.05, 4.69) is 16.8 Å². The van der Waals surface area contributed by atoms with E-state index < -0.39 is 0 Å². The molecule has 17 heavy (non-hydrogen) atoms. The highest BCUT2D eigenvalue weighted by atomic mass is 15.2. The number of piperidine rings is 1. The molecule has 0 saturated carbocycles. The van der Waals surface area contributed by atoms with Crippen LogP contribution in [0.15, 0.2) is 0 Å². The summed E-state index contributed by atoms with van der Waals surface area (Å²) in [7, 11) is 2.26. The van der Waals surface area contributed by atoms with Crippen LogP contribution in [0.25, 0.3) is 0 Å². The Labute approximate surface area is 106 Å². The zero-order valence-corrected chi connectivity index (χ0v) is 11.4. The van der Waals surface area contributed by atoms with Crippen molar-refractivity contribution in [1.82, 2.24) is 9.80 Å². The molecule has 0 aromatic heterocycles. The first kappa shape index (κ1) is 13.3. The fourth-order valence-corrected chi connectivity index (χ4v) is 3.43. The molecule has 0 radical (unpaired) electrons. The maximum absolute atomic E-state index is 5.65. The van der Waals surface area contributed by atoms with Gasteiger partial charge in [-0.2, -0.15) is 0 Å². The van der Waals surface area contributed by atoms with Crippen LogP contribution < -0.4 is 5.73 Å². The van der Waals surface area contributed by atoms with Gasteiger partial charge in [0.1, 0.15) is 0 Å². The SMILES string of the molecule is CN1CCCC(N2CCC(CCN)CC2)CC1. The van der Waals surface area contributed by atoms with E-state index in [0.717, 1.165) is 18.5 Å². The van der Waals surface area contributed by atoms with Crippen LogP contribution in [0.3, 0.4) is 0 Å². The highest BCUT2D eigenvalue weighted by molar-refractivity contribution is 4.81. The molecule has 2 heterocycles. The Morgan fingerprint density at radius 1 is 1.00 bits per heavy atom. The molecule has 1 unspecified atom stereocenters. The van der Waals surface area contributed by atoms with Gasteiger partial charge < -0.3 is 15.5 Å². The van der Waals surface area contributed by atoms with Crippen molar-refractivity contribution in [2.75, 3.05) is 39.8 Å². The summed E-state index contributed by atoms with van der Waals surface area (Å²) in [6.07, 6.45) is 8.15. The van der Waals surface area contributed by atoms with Crippen LogP contribution in [0.2, 0.25) is 0 Å². The average Bonchev–Trinajstić information content (AvgIpc) is 2.56. The quantitative estimate of drug-likeness (QED) is 0.811. The Hall–Kier alpha value is -0.120. The molecule has 0 spiro atoms. The van der Waals surface area contributed by atoms with E-state index >= 15 is 0 Å². The van der Waals surface area contributed by atoms with Gasteiger partial charge in [-0.25, -0.2) is 0 Å². The Bertz CT molecular complexity index is 212. The van der Waals surface area contributed by atoms with Crippen LogP contribution in [0, 0.1) is 5.92 Å². The molecule has 2 N–H and O–H groups in total. The lowest BCUT2D eigenvalue weighted by atomic mass is 9.92. The van der Waals surface area contributed by atoms with Crippen molar-refractivity contribution in [3.8, 4) is 0 Å². The molecule has 0 aliphatic carbocycles. The van der Waals surface area contributed by atoms with Gasteiger partial charge in [0.25, 0.3) is 0 Å². The maximum atomic E-state index is 5.65. The summed E-state index contributed by atoms with van der Waals surface area (Å²) in [5.74, 6) is 0.907. The fraction of sp³-hybridized carbons (Fsp3) is 1.00. The summed E-state index contributed by atoms with van der Waals surface area (Å²) in [6, 6.07) is 0.860. The topological polar surface area (TPSA) is 32.5 Å². The number of hydrogen-bond acceptors (Lipinski definition) is 3. The number of rotatable bonds is 3. The molecule has 0 amide bonds. The van der Waals surface area contributed by atoms with E-state index in [1.807, 2.05) is 0 Å². The summed E-state index contributed by atoms with van der Waals surface area (Å²) in [5, 5.41) is 0. The lowest BCUT2D eigenvalue weighted by Crippen LogP contribution is -2.42. The highest BCUT2D eigenvalue weighted by Gasteiger charge is 2.25.